The van der Waals surface area contributed by atoms with Gasteiger partial charge in [0.05, 0.1) is 10.6 Å². The molecular formula is C36H39ClFN3O4S. The van der Waals surface area contributed by atoms with Crippen molar-refractivity contribution in [2.75, 3.05) is 17.4 Å². The van der Waals surface area contributed by atoms with Crippen LogP contribution in [0.1, 0.15) is 42.0 Å². The van der Waals surface area contributed by atoms with Crippen molar-refractivity contribution in [1.82, 2.24) is 10.2 Å². The molecule has 10 heteroatoms. The summed E-state index contributed by atoms with van der Waals surface area (Å²) in [6.45, 7) is 5.07. The van der Waals surface area contributed by atoms with Gasteiger partial charge < -0.3 is 10.2 Å². The van der Waals surface area contributed by atoms with E-state index in [0.29, 0.717) is 12.1 Å². The van der Waals surface area contributed by atoms with Gasteiger partial charge in [-0.1, -0.05) is 97.2 Å². The maximum absolute atomic E-state index is 15.1. The first-order valence-electron chi connectivity index (χ1n) is 15.2. The summed E-state index contributed by atoms with van der Waals surface area (Å²) >= 11 is 6.33. The number of carbonyl (C=O) groups excluding carboxylic acids is 2. The molecule has 0 bridgehead atoms. The number of hydrogen-bond acceptors (Lipinski definition) is 4. The second-order valence-corrected chi connectivity index (χ2v) is 13.5. The number of anilines is 1. The highest BCUT2D eigenvalue weighted by atomic mass is 35.5. The first kappa shape index (κ1) is 34.7. The number of nitrogens with zero attached hydrogens (tertiary/aromatic N) is 2. The SMILES string of the molecule is CCCCNC(=O)C(Cc1ccccc1)N(Cc1ccccc1F)C(=O)CN(c1cc(Cl)ccc1C)S(=O)(=O)c1ccc(C)cc1. The third kappa shape index (κ3) is 8.73. The Labute approximate surface area is 276 Å². The van der Waals surface area contributed by atoms with Gasteiger partial charge in [-0.3, -0.25) is 13.9 Å². The third-order valence-corrected chi connectivity index (χ3v) is 9.74. The Morgan fingerprint density at radius 3 is 2.26 bits per heavy atom. The molecule has 0 aliphatic carbocycles. The van der Waals surface area contributed by atoms with Crippen LogP contribution >= 0.6 is 11.6 Å². The lowest BCUT2D eigenvalue weighted by Crippen LogP contribution is -2.53. The molecule has 0 saturated heterocycles. The fraction of sp³-hybridized carbons (Fsp3) is 0.278. The van der Waals surface area contributed by atoms with Gasteiger partial charge in [0, 0.05) is 30.1 Å². The zero-order chi connectivity index (χ0) is 33.3. The highest BCUT2D eigenvalue weighted by molar-refractivity contribution is 7.92. The van der Waals surface area contributed by atoms with Crippen molar-refractivity contribution in [2.45, 2.75) is 57.5 Å². The van der Waals surface area contributed by atoms with Crippen LogP contribution in [-0.4, -0.2) is 44.3 Å². The lowest BCUT2D eigenvalue weighted by Gasteiger charge is -2.34. The average molecular weight is 664 g/mol. The molecule has 1 atom stereocenters. The number of aryl methyl sites for hydroxylation is 2. The Morgan fingerprint density at radius 1 is 0.913 bits per heavy atom. The second kappa shape index (κ2) is 15.9. The van der Waals surface area contributed by atoms with Crippen molar-refractivity contribution in [2.24, 2.45) is 0 Å². The standard InChI is InChI=1S/C36H39ClFN3O4S/c1-4-5-21-39-36(43)34(22-28-11-7-6-8-12-28)40(24-29-13-9-10-14-32(29)38)35(42)25-41(33-23-30(37)18-17-27(33)3)46(44,45)31-19-15-26(2)16-20-31/h6-20,23,34H,4-5,21-22,24-25H2,1-3H3,(H,39,43). The van der Waals surface area contributed by atoms with Crippen molar-refractivity contribution in [3.05, 3.63) is 130 Å². The molecule has 46 heavy (non-hydrogen) atoms. The largest absolute Gasteiger partial charge is 0.354 e. The predicted octanol–water partition coefficient (Wildman–Crippen LogP) is 6.85. The molecule has 1 unspecified atom stereocenters. The van der Waals surface area contributed by atoms with Crippen molar-refractivity contribution in [3.8, 4) is 0 Å². The van der Waals surface area contributed by atoms with Gasteiger partial charge in [-0.15, -0.1) is 0 Å². The van der Waals surface area contributed by atoms with Crippen molar-refractivity contribution < 1.29 is 22.4 Å². The molecule has 242 valence electrons. The Balaban J connectivity index is 1.83. The molecule has 0 aromatic heterocycles. The molecule has 0 heterocycles. The van der Waals surface area contributed by atoms with Gasteiger partial charge >= 0.3 is 0 Å². The minimum Gasteiger partial charge on any atom is -0.354 e. The summed E-state index contributed by atoms with van der Waals surface area (Å²) < 4.78 is 44.5. The van der Waals surface area contributed by atoms with Crippen LogP contribution in [-0.2, 0) is 32.6 Å². The zero-order valence-electron chi connectivity index (χ0n) is 26.2. The number of unbranched alkanes of at least 4 members (excludes halogenated alkanes) is 1. The Kier molecular flexibility index (Phi) is 12.0. The van der Waals surface area contributed by atoms with Crippen LogP contribution in [0.15, 0.2) is 102 Å². The molecule has 4 rings (SSSR count). The lowest BCUT2D eigenvalue weighted by molar-refractivity contribution is -0.140. The van der Waals surface area contributed by atoms with Gasteiger partial charge in [0.15, 0.2) is 0 Å². The summed E-state index contributed by atoms with van der Waals surface area (Å²) in [5, 5.41) is 3.22. The zero-order valence-corrected chi connectivity index (χ0v) is 27.8. The Morgan fingerprint density at radius 2 is 1.59 bits per heavy atom. The number of rotatable bonds is 14. The van der Waals surface area contributed by atoms with E-state index >= 15 is 4.39 Å². The molecule has 1 N–H and O–H groups in total. The molecule has 4 aromatic carbocycles. The van der Waals surface area contributed by atoms with Crippen LogP contribution in [0, 0.1) is 19.7 Å². The van der Waals surface area contributed by atoms with E-state index in [-0.39, 0.29) is 34.1 Å². The fourth-order valence-corrected chi connectivity index (χ4v) is 6.71. The van der Waals surface area contributed by atoms with E-state index in [1.54, 1.807) is 49.4 Å². The lowest BCUT2D eigenvalue weighted by atomic mass is 10.0. The topological polar surface area (TPSA) is 86.8 Å². The molecule has 2 amide bonds. The van der Waals surface area contributed by atoms with E-state index in [0.717, 1.165) is 28.3 Å². The molecule has 0 fully saturated rings. The second-order valence-electron chi connectivity index (χ2n) is 11.2. The summed E-state index contributed by atoms with van der Waals surface area (Å²) in [7, 11) is -4.29. The normalized spacial score (nSPS) is 11.9. The fourth-order valence-electron chi connectivity index (χ4n) is 5.07. The molecule has 0 spiro atoms. The van der Waals surface area contributed by atoms with Crippen LogP contribution in [0.25, 0.3) is 0 Å². The van der Waals surface area contributed by atoms with E-state index < -0.39 is 40.2 Å². The number of sulfonamides is 1. The number of carbonyl (C=O) groups is 2. The van der Waals surface area contributed by atoms with Crippen LogP contribution in [0.3, 0.4) is 0 Å². The molecule has 0 aliphatic rings. The number of halogens is 2. The molecule has 0 radical (unpaired) electrons. The molecular weight excluding hydrogens is 625 g/mol. The van der Waals surface area contributed by atoms with Crippen molar-refractivity contribution >= 4 is 39.1 Å². The quantitative estimate of drug-likeness (QED) is 0.150. The first-order valence-corrected chi connectivity index (χ1v) is 17.0. The van der Waals surface area contributed by atoms with Gasteiger partial charge in [-0.05, 0) is 61.7 Å². The first-order chi connectivity index (χ1) is 22.0. The van der Waals surface area contributed by atoms with Crippen LogP contribution in [0.5, 0.6) is 0 Å². The monoisotopic (exact) mass is 663 g/mol. The maximum atomic E-state index is 15.1. The van der Waals surface area contributed by atoms with Gasteiger partial charge in [-0.25, -0.2) is 12.8 Å². The van der Waals surface area contributed by atoms with E-state index in [4.69, 9.17) is 11.6 Å². The number of amides is 2. The predicted molar refractivity (Wildman–Crippen MR) is 181 cm³/mol. The molecule has 7 nitrogen and oxygen atoms in total. The van der Waals surface area contributed by atoms with Crippen LogP contribution < -0.4 is 9.62 Å². The minimum absolute atomic E-state index is 0.0101. The third-order valence-electron chi connectivity index (χ3n) is 7.73. The Bertz CT molecular complexity index is 1750. The van der Waals surface area contributed by atoms with Crippen LogP contribution in [0.4, 0.5) is 10.1 Å². The number of hydrogen-bond donors (Lipinski definition) is 1. The smallest absolute Gasteiger partial charge is 0.264 e. The molecule has 0 aliphatic heterocycles. The van der Waals surface area contributed by atoms with Crippen molar-refractivity contribution in [3.63, 3.8) is 0 Å². The van der Waals surface area contributed by atoms with Gasteiger partial charge in [0.1, 0.15) is 18.4 Å². The average Bonchev–Trinajstić information content (AvgIpc) is 3.04. The highest BCUT2D eigenvalue weighted by Crippen LogP contribution is 2.30. The molecule has 0 saturated carbocycles. The highest BCUT2D eigenvalue weighted by Gasteiger charge is 2.35. The minimum atomic E-state index is -4.29. The molecule has 4 aromatic rings. The number of benzene rings is 4. The van der Waals surface area contributed by atoms with E-state index in [9.17, 15) is 18.0 Å². The van der Waals surface area contributed by atoms with Crippen molar-refractivity contribution in [1.29, 1.82) is 0 Å². The summed E-state index contributed by atoms with van der Waals surface area (Å²) in [4.78, 5) is 29.6. The van der Waals surface area contributed by atoms with E-state index in [1.807, 2.05) is 44.2 Å². The maximum Gasteiger partial charge on any atom is 0.264 e. The summed E-state index contributed by atoms with van der Waals surface area (Å²) in [5.41, 5.74) is 2.65. The summed E-state index contributed by atoms with van der Waals surface area (Å²) in [6.07, 6.45) is 1.73. The van der Waals surface area contributed by atoms with E-state index in [2.05, 4.69) is 5.32 Å². The Hall–Kier alpha value is -4.21. The van der Waals surface area contributed by atoms with Gasteiger partial charge in [-0.2, -0.15) is 0 Å². The summed E-state index contributed by atoms with van der Waals surface area (Å²) in [6, 6.07) is 25.3. The van der Waals surface area contributed by atoms with Gasteiger partial charge in [0.25, 0.3) is 10.0 Å². The van der Waals surface area contributed by atoms with E-state index in [1.165, 1.54) is 29.2 Å². The summed E-state index contributed by atoms with van der Waals surface area (Å²) in [5.74, 6) is -1.63. The number of nitrogens with one attached hydrogen (secondary N) is 1. The van der Waals surface area contributed by atoms with Gasteiger partial charge in [0.2, 0.25) is 11.8 Å². The van der Waals surface area contributed by atoms with Crippen LogP contribution in [0.2, 0.25) is 5.02 Å².